The minimum Gasteiger partial charge on any atom is -0.481 e. The van der Waals surface area contributed by atoms with Crippen LogP contribution in [0.1, 0.15) is 11.3 Å². The Bertz CT molecular complexity index is 944. The summed E-state index contributed by atoms with van der Waals surface area (Å²) in [6, 6.07) is 14.9. The molecule has 7 heteroatoms. The van der Waals surface area contributed by atoms with Gasteiger partial charge in [-0.2, -0.15) is 5.10 Å². The molecule has 0 unspecified atom stereocenters. The van der Waals surface area contributed by atoms with Crippen molar-refractivity contribution >= 4 is 17.7 Å². The van der Waals surface area contributed by atoms with Crippen LogP contribution in [0, 0.1) is 6.92 Å². The van der Waals surface area contributed by atoms with Crippen molar-refractivity contribution in [2.24, 2.45) is 0 Å². The van der Waals surface area contributed by atoms with Crippen LogP contribution >= 0.6 is 0 Å². The molecule has 3 rings (SSSR count). The molecule has 0 saturated carbocycles. The number of carboxylic acids is 1. The summed E-state index contributed by atoms with van der Waals surface area (Å²) < 4.78 is 0. The molecule has 0 bridgehead atoms. The van der Waals surface area contributed by atoms with Crippen molar-refractivity contribution in [2.45, 2.75) is 13.3 Å². The average molecular weight is 351 g/mol. The molecular weight excluding hydrogens is 334 g/mol. The number of aliphatic carboxylic acids is 1. The SMILES string of the molecule is Cc1[nH]nc(-c2ccc(-c3ccc(CC(=O)O)cc3)cc2)c1NC(=O)O. The van der Waals surface area contributed by atoms with E-state index in [0.717, 1.165) is 22.3 Å². The van der Waals surface area contributed by atoms with Gasteiger partial charge in [0.1, 0.15) is 5.69 Å². The fourth-order valence-electron chi connectivity index (χ4n) is 2.71. The largest absolute Gasteiger partial charge is 0.481 e. The zero-order valence-corrected chi connectivity index (χ0v) is 14.0. The standard InChI is InChI=1S/C19H17N3O4/c1-11-17(20-19(25)26)18(22-21-11)15-8-6-14(7-9-15)13-4-2-12(3-5-13)10-16(23)24/h2-9,20H,10H2,1H3,(H,21,22)(H,23,24)(H,25,26). The van der Waals surface area contributed by atoms with Gasteiger partial charge in [-0.15, -0.1) is 0 Å². The summed E-state index contributed by atoms with van der Waals surface area (Å²) in [6.07, 6.45) is -1.15. The Morgan fingerprint density at radius 3 is 2.04 bits per heavy atom. The third-order valence-electron chi connectivity index (χ3n) is 3.98. The van der Waals surface area contributed by atoms with Crippen molar-refractivity contribution < 1.29 is 19.8 Å². The van der Waals surface area contributed by atoms with E-state index in [0.29, 0.717) is 17.1 Å². The Balaban J connectivity index is 1.85. The molecule has 1 amide bonds. The number of rotatable bonds is 5. The highest BCUT2D eigenvalue weighted by Crippen LogP contribution is 2.30. The van der Waals surface area contributed by atoms with Crippen LogP contribution in [0.4, 0.5) is 10.5 Å². The van der Waals surface area contributed by atoms with Crippen molar-refractivity contribution in [3.8, 4) is 22.4 Å². The predicted octanol–water partition coefficient (Wildman–Crippen LogP) is 3.77. The molecule has 7 nitrogen and oxygen atoms in total. The number of carbonyl (C=O) groups is 2. The van der Waals surface area contributed by atoms with E-state index in [-0.39, 0.29) is 6.42 Å². The first kappa shape index (κ1) is 17.2. The van der Waals surface area contributed by atoms with Crippen LogP contribution < -0.4 is 5.32 Å². The Kier molecular flexibility index (Phi) is 4.70. The van der Waals surface area contributed by atoms with Crippen LogP contribution in [0.2, 0.25) is 0 Å². The molecule has 132 valence electrons. The van der Waals surface area contributed by atoms with E-state index in [2.05, 4.69) is 15.5 Å². The number of aromatic amines is 1. The van der Waals surface area contributed by atoms with Gasteiger partial charge in [0.05, 0.1) is 17.8 Å². The van der Waals surface area contributed by atoms with Gasteiger partial charge in [-0.25, -0.2) is 4.79 Å². The highest BCUT2D eigenvalue weighted by atomic mass is 16.4. The minimum absolute atomic E-state index is 0.00289. The highest BCUT2D eigenvalue weighted by Gasteiger charge is 2.14. The quantitative estimate of drug-likeness (QED) is 0.558. The van der Waals surface area contributed by atoms with Gasteiger partial charge in [0, 0.05) is 5.56 Å². The molecule has 2 aromatic carbocycles. The van der Waals surface area contributed by atoms with Gasteiger partial charge in [0.2, 0.25) is 0 Å². The maximum absolute atomic E-state index is 10.9. The van der Waals surface area contributed by atoms with Crippen molar-refractivity contribution in [1.29, 1.82) is 0 Å². The first-order valence-corrected chi connectivity index (χ1v) is 7.90. The van der Waals surface area contributed by atoms with Crippen molar-refractivity contribution in [3.63, 3.8) is 0 Å². The van der Waals surface area contributed by atoms with Crippen LogP contribution in [-0.4, -0.2) is 32.5 Å². The molecule has 1 aromatic heterocycles. The van der Waals surface area contributed by atoms with E-state index >= 15 is 0 Å². The number of aromatic nitrogens is 2. The second-order valence-electron chi connectivity index (χ2n) is 5.85. The van der Waals surface area contributed by atoms with E-state index in [9.17, 15) is 9.59 Å². The summed E-state index contributed by atoms with van der Waals surface area (Å²) >= 11 is 0. The van der Waals surface area contributed by atoms with E-state index in [1.807, 2.05) is 36.4 Å². The summed E-state index contributed by atoms with van der Waals surface area (Å²) in [5.41, 5.74) is 5.07. The lowest BCUT2D eigenvalue weighted by atomic mass is 10.0. The van der Waals surface area contributed by atoms with E-state index in [1.54, 1.807) is 19.1 Å². The Morgan fingerprint density at radius 1 is 0.962 bits per heavy atom. The molecule has 3 aromatic rings. The van der Waals surface area contributed by atoms with Gasteiger partial charge in [-0.3, -0.25) is 15.2 Å². The van der Waals surface area contributed by atoms with Crippen molar-refractivity contribution in [3.05, 3.63) is 59.8 Å². The number of aryl methyl sites for hydroxylation is 1. The van der Waals surface area contributed by atoms with Gasteiger partial charge < -0.3 is 10.2 Å². The minimum atomic E-state index is -1.14. The van der Waals surface area contributed by atoms with Gasteiger partial charge in [-0.1, -0.05) is 48.5 Å². The summed E-state index contributed by atoms with van der Waals surface area (Å²) in [7, 11) is 0. The topological polar surface area (TPSA) is 115 Å². The van der Waals surface area contributed by atoms with Gasteiger partial charge in [-0.05, 0) is 23.6 Å². The number of benzene rings is 2. The van der Waals surface area contributed by atoms with Gasteiger partial charge in [0.25, 0.3) is 0 Å². The molecular formula is C19H17N3O4. The van der Waals surface area contributed by atoms with Crippen LogP contribution in [0.25, 0.3) is 22.4 Å². The van der Waals surface area contributed by atoms with Gasteiger partial charge in [0.15, 0.2) is 0 Å². The zero-order valence-electron chi connectivity index (χ0n) is 14.0. The van der Waals surface area contributed by atoms with E-state index in [1.165, 1.54) is 0 Å². The monoisotopic (exact) mass is 351 g/mol. The molecule has 0 radical (unpaired) electrons. The number of nitrogens with zero attached hydrogens (tertiary/aromatic N) is 1. The average Bonchev–Trinajstić information content (AvgIpc) is 2.95. The smallest absolute Gasteiger partial charge is 0.409 e. The summed E-state index contributed by atoms with van der Waals surface area (Å²) in [5, 5.41) is 27.1. The fraction of sp³-hybridized carbons (Fsp3) is 0.105. The summed E-state index contributed by atoms with van der Waals surface area (Å²) in [6.45, 7) is 1.74. The normalized spacial score (nSPS) is 10.5. The van der Waals surface area contributed by atoms with E-state index in [4.69, 9.17) is 10.2 Å². The number of carboxylic acid groups (broad SMARTS) is 2. The lowest BCUT2D eigenvalue weighted by molar-refractivity contribution is -0.136. The molecule has 4 N–H and O–H groups in total. The molecule has 26 heavy (non-hydrogen) atoms. The number of hydrogen-bond donors (Lipinski definition) is 4. The van der Waals surface area contributed by atoms with Crippen LogP contribution in [-0.2, 0) is 11.2 Å². The lowest BCUT2D eigenvalue weighted by Gasteiger charge is -2.06. The number of hydrogen-bond acceptors (Lipinski definition) is 3. The molecule has 0 atom stereocenters. The van der Waals surface area contributed by atoms with Crippen LogP contribution in [0.5, 0.6) is 0 Å². The molecule has 0 aliphatic heterocycles. The fourth-order valence-corrected chi connectivity index (χ4v) is 2.71. The molecule has 0 aliphatic rings. The van der Waals surface area contributed by atoms with Crippen LogP contribution in [0.15, 0.2) is 48.5 Å². The second kappa shape index (κ2) is 7.10. The number of nitrogens with one attached hydrogen (secondary N) is 2. The maximum Gasteiger partial charge on any atom is 0.409 e. The van der Waals surface area contributed by atoms with Gasteiger partial charge >= 0.3 is 12.1 Å². The number of anilines is 1. The molecule has 0 saturated heterocycles. The Labute approximate surface area is 149 Å². The maximum atomic E-state index is 10.9. The Hall–Kier alpha value is -3.61. The summed E-state index contributed by atoms with van der Waals surface area (Å²) in [4.78, 5) is 21.7. The highest BCUT2D eigenvalue weighted by molar-refractivity contribution is 5.90. The zero-order chi connectivity index (χ0) is 18.7. The Morgan fingerprint density at radius 2 is 1.50 bits per heavy atom. The third kappa shape index (κ3) is 3.72. The molecule has 0 fully saturated rings. The molecule has 1 heterocycles. The van der Waals surface area contributed by atoms with Crippen molar-refractivity contribution in [2.75, 3.05) is 5.32 Å². The number of H-pyrrole nitrogens is 1. The predicted molar refractivity (Wildman–Crippen MR) is 97.2 cm³/mol. The third-order valence-corrected chi connectivity index (χ3v) is 3.98. The first-order chi connectivity index (χ1) is 12.4. The molecule has 0 spiro atoms. The number of amides is 1. The van der Waals surface area contributed by atoms with Crippen molar-refractivity contribution in [1.82, 2.24) is 10.2 Å². The molecule has 0 aliphatic carbocycles. The van der Waals surface area contributed by atoms with Crippen LogP contribution in [0.3, 0.4) is 0 Å². The summed E-state index contributed by atoms with van der Waals surface area (Å²) in [5.74, 6) is -0.859. The second-order valence-corrected chi connectivity index (χ2v) is 5.85. The lowest BCUT2D eigenvalue weighted by Crippen LogP contribution is -2.08. The first-order valence-electron chi connectivity index (χ1n) is 7.90. The van der Waals surface area contributed by atoms with E-state index < -0.39 is 12.1 Å².